The van der Waals surface area contributed by atoms with Crippen LogP contribution < -0.4 is 5.73 Å². The van der Waals surface area contributed by atoms with Gasteiger partial charge >= 0.3 is 0 Å². The second kappa shape index (κ2) is 6.44. The zero-order valence-corrected chi connectivity index (χ0v) is 13.6. The molecule has 2 aromatic carbocycles. The Kier molecular flexibility index (Phi) is 4.37. The third-order valence-electron chi connectivity index (χ3n) is 3.54. The van der Waals surface area contributed by atoms with E-state index in [2.05, 4.69) is 4.98 Å². The lowest BCUT2D eigenvalue weighted by Crippen LogP contribution is -2.15. The van der Waals surface area contributed by atoms with Gasteiger partial charge in [-0.05, 0) is 23.8 Å². The van der Waals surface area contributed by atoms with E-state index in [1.54, 1.807) is 18.3 Å². The monoisotopic (exact) mass is 344 g/mol. The fourth-order valence-electron chi connectivity index (χ4n) is 2.44. The van der Waals surface area contributed by atoms with Gasteiger partial charge in [-0.3, -0.25) is 5.41 Å². The minimum atomic E-state index is 0.0526. The Morgan fingerprint density at radius 3 is 2.65 bits per heavy atom. The van der Waals surface area contributed by atoms with Gasteiger partial charge in [0.05, 0.1) is 10.0 Å². The van der Waals surface area contributed by atoms with E-state index in [4.69, 9.17) is 34.3 Å². The molecule has 1 heterocycles. The van der Waals surface area contributed by atoms with Crippen molar-refractivity contribution >= 4 is 29.0 Å². The SMILES string of the molecule is N=C(N)c1ccccc1Cn1ccnc1-c1ccc(Cl)c(Cl)c1. The topological polar surface area (TPSA) is 67.7 Å². The summed E-state index contributed by atoms with van der Waals surface area (Å²) in [5.74, 6) is 0.832. The van der Waals surface area contributed by atoms with Gasteiger partial charge in [0.15, 0.2) is 0 Å². The molecular weight excluding hydrogens is 331 g/mol. The van der Waals surface area contributed by atoms with Crippen LogP contribution in [0.15, 0.2) is 54.9 Å². The lowest BCUT2D eigenvalue weighted by molar-refractivity contribution is 0.805. The highest BCUT2D eigenvalue weighted by Crippen LogP contribution is 2.28. The van der Waals surface area contributed by atoms with Gasteiger partial charge in [-0.1, -0.05) is 47.5 Å². The van der Waals surface area contributed by atoms with Crippen LogP contribution in [0.25, 0.3) is 11.4 Å². The minimum absolute atomic E-state index is 0.0526. The molecule has 0 fully saturated rings. The highest BCUT2D eigenvalue weighted by molar-refractivity contribution is 6.42. The molecule has 0 radical (unpaired) electrons. The second-order valence-electron chi connectivity index (χ2n) is 5.08. The van der Waals surface area contributed by atoms with E-state index in [1.807, 2.05) is 41.1 Å². The number of rotatable bonds is 4. The highest BCUT2D eigenvalue weighted by atomic mass is 35.5. The van der Waals surface area contributed by atoms with Crippen molar-refractivity contribution in [2.75, 3.05) is 0 Å². The predicted molar refractivity (Wildman–Crippen MR) is 94.2 cm³/mol. The Balaban J connectivity index is 1.99. The Bertz CT molecular complexity index is 871. The van der Waals surface area contributed by atoms with Crippen LogP contribution in [0.1, 0.15) is 11.1 Å². The van der Waals surface area contributed by atoms with E-state index in [0.29, 0.717) is 16.6 Å². The summed E-state index contributed by atoms with van der Waals surface area (Å²) in [6.45, 7) is 0.561. The number of nitrogen functional groups attached to an aromatic ring is 1. The van der Waals surface area contributed by atoms with Crippen molar-refractivity contribution < 1.29 is 0 Å². The Labute approximate surface area is 144 Å². The summed E-state index contributed by atoms with van der Waals surface area (Å²) in [6.07, 6.45) is 3.61. The van der Waals surface area contributed by atoms with Gasteiger partial charge in [0.25, 0.3) is 0 Å². The molecule has 0 aliphatic rings. The molecule has 23 heavy (non-hydrogen) atoms. The van der Waals surface area contributed by atoms with Crippen molar-refractivity contribution in [2.45, 2.75) is 6.54 Å². The largest absolute Gasteiger partial charge is 0.384 e. The van der Waals surface area contributed by atoms with Gasteiger partial charge in [0.2, 0.25) is 0 Å². The average molecular weight is 345 g/mol. The number of hydrogen-bond acceptors (Lipinski definition) is 2. The molecule has 0 saturated carbocycles. The van der Waals surface area contributed by atoms with Crippen LogP contribution >= 0.6 is 23.2 Å². The summed E-state index contributed by atoms with van der Waals surface area (Å²) in [5.41, 5.74) is 8.22. The van der Waals surface area contributed by atoms with E-state index in [1.165, 1.54) is 0 Å². The number of aromatic nitrogens is 2. The van der Waals surface area contributed by atoms with Gasteiger partial charge in [0.1, 0.15) is 11.7 Å². The molecule has 0 aliphatic carbocycles. The zero-order chi connectivity index (χ0) is 16.4. The average Bonchev–Trinajstić information content (AvgIpc) is 2.98. The molecule has 3 rings (SSSR count). The first-order chi connectivity index (χ1) is 11.1. The van der Waals surface area contributed by atoms with Gasteiger partial charge in [-0.2, -0.15) is 0 Å². The molecule has 0 bridgehead atoms. The molecule has 1 aromatic heterocycles. The van der Waals surface area contributed by atoms with Crippen LogP contribution in [0.2, 0.25) is 10.0 Å². The molecule has 3 N–H and O–H groups in total. The third-order valence-corrected chi connectivity index (χ3v) is 4.28. The summed E-state index contributed by atoms with van der Waals surface area (Å²) in [4.78, 5) is 4.40. The minimum Gasteiger partial charge on any atom is -0.384 e. The Hall–Kier alpha value is -2.30. The van der Waals surface area contributed by atoms with Crippen LogP contribution in [-0.2, 0) is 6.54 Å². The molecule has 6 heteroatoms. The maximum atomic E-state index is 7.70. The standard InChI is InChI=1S/C17H14Cl2N4/c18-14-6-5-11(9-15(14)19)17-22-7-8-23(17)10-12-3-1-2-4-13(12)16(20)21/h1-9H,10H2,(H3,20,21). The van der Waals surface area contributed by atoms with E-state index < -0.39 is 0 Å². The summed E-state index contributed by atoms with van der Waals surface area (Å²) in [6, 6.07) is 13.0. The van der Waals surface area contributed by atoms with Crippen molar-refractivity contribution in [3.05, 3.63) is 76.0 Å². The molecule has 0 atom stereocenters. The quantitative estimate of drug-likeness (QED) is 0.550. The van der Waals surface area contributed by atoms with E-state index in [0.717, 1.165) is 22.5 Å². The molecule has 4 nitrogen and oxygen atoms in total. The summed E-state index contributed by atoms with van der Waals surface area (Å²) in [5, 5.41) is 8.69. The van der Waals surface area contributed by atoms with Gasteiger partial charge in [0, 0.05) is 30.1 Å². The molecule has 116 valence electrons. The maximum absolute atomic E-state index is 7.70. The second-order valence-corrected chi connectivity index (χ2v) is 5.89. The van der Waals surface area contributed by atoms with Crippen molar-refractivity contribution in [3.8, 4) is 11.4 Å². The normalized spacial score (nSPS) is 10.7. The number of nitrogens with zero attached hydrogens (tertiary/aromatic N) is 2. The number of benzene rings is 2. The summed E-state index contributed by atoms with van der Waals surface area (Å²) < 4.78 is 1.99. The van der Waals surface area contributed by atoms with Gasteiger partial charge < -0.3 is 10.3 Å². The number of nitrogens with two attached hydrogens (primary N) is 1. The van der Waals surface area contributed by atoms with Crippen molar-refractivity contribution in [2.24, 2.45) is 5.73 Å². The zero-order valence-electron chi connectivity index (χ0n) is 12.1. The van der Waals surface area contributed by atoms with Crippen molar-refractivity contribution in [1.82, 2.24) is 9.55 Å². The first-order valence-electron chi connectivity index (χ1n) is 6.95. The number of halogens is 2. The molecule has 0 amide bonds. The smallest absolute Gasteiger partial charge is 0.140 e. The van der Waals surface area contributed by atoms with Crippen LogP contribution in [0.4, 0.5) is 0 Å². The van der Waals surface area contributed by atoms with Crippen LogP contribution in [0, 0.1) is 5.41 Å². The van der Waals surface area contributed by atoms with Crippen molar-refractivity contribution in [3.63, 3.8) is 0 Å². The number of hydrogen-bond donors (Lipinski definition) is 2. The molecule has 0 saturated heterocycles. The van der Waals surface area contributed by atoms with Crippen LogP contribution in [0.5, 0.6) is 0 Å². The van der Waals surface area contributed by atoms with Gasteiger partial charge in [-0.15, -0.1) is 0 Å². The summed E-state index contributed by atoms with van der Waals surface area (Å²) >= 11 is 12.1. The van der Waals surface area contributed by atoms with Crippen molar-refractivity contribution in [1.29, 1.82) is 5.41 Å². The maximum Gasteiger partial charge on any atom is 0.140 e. The van der Waals surface area contributed by atoms with Crippen LogP contribution in [-0.4, -0.2) is 15.4 Å². The first-order valence-corrected chi connectivity index (χ1v) is 7.70. The Morgan fingerprint density at radius 1 is 1.13 bits per heavy atom. The van der Waals surface area contributed by atoms with Crippen LogP contribution in [0.3, 0.4) is 0 Å². The number of amidine groups is 1. The van der Waals surface area contributed by atoms with E-state index >= 15 is 0 Å². The Morgan fingerprint density at radius 2 is 1.91 bits per heavy atom. The molecule has 3 aromatic rings. The molecule has 0 unspecified atom stereocenters. The molecule has 0 spiro atoms. The number of nitrogens with one attached hydrogen (secondary N) is 1. The van der Waals surface area contributed by atoms with Gasteiger partial charge in [-0.25, -0.2) is 4.98 Å². The lowest BCUT2D eigenvalue weighted by Gasteiger charge is -2.12. The first kappa shape index (κ1) is 15.6. The fourth-order valence-corrected chi connectivity index (χ4v) is 2.73. The highest BCUT2D eigenvalue weighted by Gasteiger charge is 2.11. The van der Waals surface area contributed by atoms with E-state index in [-0.39, 0.29) is 5.84 Å². The van der Waals surface area contributed by atoms with E-state index in [9.17, 15) is 0 Å². The number of imidazole rings is 1. The third kappa shape index (κ3) is 3.23. The predicted octanol–water partition coefficient (Wildman–Crippen LogP) is 4.19. The lowest BCUT2D eigenvalue weighted by atomic mass is 10.1. The fraction of sp³-hybridized carbons (Fsp3) is 0.0588. The molecule has 0 aliphatic heterocycles. The summed E-state index contributed by atoms with van der Waals surface area (Å²) in [7, 11) is 0. The molecular formula is C17H14Cl2N4.